The van der Waals surface area contributed by atoms with Gasteiger partial charge in [0, 0.05) is 12.8 Å². The summed E-state index contributed by atoms with van der Waals surface area (Å²) in [5.41, 5.74) is 0.608. The summed E-state index contributed by atoms with van der Waals surface area (Å²) in [5.74, 6) is -2.09. The third-order valence-corrected chi connectivity index (χ3v) is 6.21. The maximum atomic E-state index is 12.9. The van der Waals surface area contributed by atoms with Crippen molar-refractivity contribution in [1.29, 1.82) is 0 Å². The first-order valence-electron chi connectivity index (χ1n) is 9.34. The number of fused-ring (bicyclic) bond motifs is 5. The van der Waals surface area contributed by atoms with Gasteiger partial charge in [-0.1, -0.05) is 30.3 Å². The molecule has 140 valence electrons. The lowest BCUT2D eigenvalue weighted by molar-refractivity contribution is -0.938. The normalized spacial score (nSPS) is 34.5. The van der Waals surface area contributed by atoms with Crippen LogP contribution in [0.5, 0.6) is 0 Å². The van der Waals surface area contributed by atoms with E-state index in [1.807, 2.05) is 6.07 Å². The van der Waals surface area contributed by atoms with Crippen LogP contribution in [0.3, 0.4) is 0 Å². The standard InChI is InChI=1S/C20H26NO5/c1-4-24-19(22)16(12-8-6-5-7-9-12)20(23)25-13-10-14-17-18(26-17)15(11-13)21(14,2)3/h5-9,13-18H,4,10-11H2,1-3H3/q+1/t13?,14-,15+,16-,17-,18+/m1/s1. The van der Waals surface area contributed by atoms with Crippen LogP contribution >= 0.6 is 0 Å². The van der Waals surface area contributed by atoms with Gasteiger partial charge in [0.15, 0.2) is 5.92 Å². The third-order valence-electron chi connectivity index (χ3n) is 6.21. The number of epoxide rings is 1. The van der Waals surface area contributed by atoms with E-state index in [0.717, 1.165) is 17.3 Å². The molecule has 6 atom stereocenters. The summed E-state index contributed by atoms with van der Waals surface area (Å²) in [4.78, 5) is 25.2. The summed E-state index contributed by atoms with van der Waals surface area (Å²) in [5, 5.41) is 0. The SMILES string of the molecule is CCOC(=O)[C@H](C(=O)OC1C[C@@H]2[C@H]3O[C@H]3[C@H](C1)[N+]2(C)C)c1ccccc1. The zero-order valence-corrected chi connectivity index (χ0v) is 15.5. The Morgan fingerprint density at radius 2 is 1.73 bits per heavy atom. The van der Waals surface area contributed by atoms with Crippen LogP contribution in [0.4, 0.5) is 0 Å². The van der Waals surface area contributed by atoms with E-state index in [9.17, 15) is 9.59 Å². The van der Waals surface area contributed by atoms with Crippen molar-refractivity contribution in [2.75, 3.05) is 20.7 Å². The van der Waals surface area contributed by atoms with Crippen LogP contribution in [0.1, 0.15) is 31.2 Å². The highest BCUT2D eigenvalue weighted by atomic mass is 16.6. The maximum absolute atomic E-state index is 12.9. The number of rotatable bonds is 5. The minimum atomic E-state index is -1.02. The first-order valence-corrected chi connectivity index (χ1v) is 9.34. The van der Waals surface area contributed by atoms with Gasteiger partial charge >= 0.3 is 11.9 Å². The largest absolute Gasteiger partial charge is 0.465 e. The molecule has 1 aromatic carbocycles. The van der Waals surface area contributed by atoms with Gasteiger partial charge in [0.1, 0.15) is 30.4 Å². The van der Waals surface area contributed by atoms with Gasteiger partial charge in [0.25, 0.3) is 0 Å². The van der Waals surface area contributed by atoms with E-state index in [0.29, 0.717) is 29.9 Å². The third kappa shape index (κ3) is 2.81. The molecule has 3 saturated heterocycles. The average molecular weight is 360 g/mol. The molecule has 0 radical (unpaired) electrons. The molecule has 0 aliphatic carbocycles. The van der Waals surface area contributed by atoms with Crippen LogP contribution in [0, 0.1) is 0 Å². The van der Waals surface area contributed by atoms with Gasteiger partial charge in [-0.05, 0) is 12.5 Å². The van der Waals surface area contributed by atoms with Crippen molar-refractivity contribution in [3.63, 3.8) is 0 Å². The van der Waals surface area contributed by atoms with Gasteiger partial charge in [-0.3, -0.25) is 9.59 Å². The van der Waals surface area contributed by atoms with E-state index in [-0.39, 0.29) is 12.7 Å². The second kappa shape index (κ2) is 6.35. The molecule has 3 heterocycles. The maximum Gasteiger partial charge on any atom is 0.325 e. The summed E-state index contributed by atoms with van der Waals surface area (Å²) in [6.45, 7) is 1.96. The lowest BCUT2D eigenvalue weighted by Crippen LogP contribution is -2.60. The molecule has 1 unspecified atom stereocenters. The van der Waals surface area contributed by atoms with E-state index >= 15 is 0 Å². The van der Waals surface area contributed by atoms with Gasteiger partial charge in [0.2, 0.25) is 0 Å². The zero-order valence-electron chi connectivity index (χ0n) is 15.5. The molecule has 6 nitrogen and oxygen atoms in total. The molecule has 0 N–H and O–H groups in total. The summed E-state index contributed by atoms with van der Waals surface area (Å²) in [6, 6.07) is 9.69. The van der Waals surface area contributed by atoms with Crippen molar-refractivity contribution in [2.24, 2.45) is 0 Å². The van der Waals surface area contributed by atoms with Crippen molar-refractivity contribution in [3.05, 3.63) is 35.9 Å². The summed E-state index contributed by atoms with van der Waals surface area (Å²) >= 11 is 0. The van der Waals surface area contributed by atoms with E-state index in [1.54, 1.807) is 31.2 Å². The molecule has 3 aliphatic heterocycles. The predicted molar refractivity (Wildman–Crippen MR) is 93.3 cm³/mol. The number of esters is 2. The molecule has 3 fully saturated rings. The Labute approximate surface area is 153 Å². The molecule has 0 aromatic heterocycles. The number of nitrogens with zero attached hydrogens (tertiary/aromatic N) is 1. The number of carbonyl (C=O) groups is 2. The van der Waals surface area contributed by atoms with Crippen molar-refractivity contribution >= 4 is 11.9 Å². The Hall–Kier alpha value is -1.92. The first kappa shape index (κ1) is 17.5. The predicted octanol–water partition coefficient (Wildman–Crippen LogP) is 1.63. The van der Waals surface area contributed by atoms with Gasteiger partial charge in [-0.25, -0.2) is 0 Å². The van der Waals surface area contributed by atoms with Crippen LogP contribution in [0.2, 0.25) is 0 Å². The van der Waals surface area contributed by atoms with Gasteiger partial charge in [-0.2, -0.15) is 0 Å². The Kier molecular flexibility index (Phi) is 4.28. The number of likely N-dealkylation sites (N-methyl/N-ethyl adjacent to an activating group) is 1. The van der Waals surface area contributed by atoms with Gasteiger partial charge in [0.05, 0.1) is 20.7 Å². The molecule has 0 spiro atoms. The van der Waals surface area contributed by atoms with E-state index in [4.69, 9.17) is 14.2 Å². The average Bonchev–Trinajstić information content (AvgIpc) is 3.34. The summed E-state index contributed by atoms with van der Waals surface area (Å²) in [6.07, 6.45) is 1.99. The monoisotopic (exact) mass is 360 g/mol. The number of carbonyl (C=O) groups excluding carboxylic acids is 2. The van der Waals surface area contributed by atoms with Crippen LogP contribution < -0.4 is 0 Å². The molecule has 6 heteroatoms. The molecule has 0 amide bonds. The lowest BCUT2D eigenvalue weighted by Gasteiger charge is -2.45. The first-order chi connectivity index (χ1) is 12.4. The second-order valence-corrected chi connectivity index (χ2v) is 7.96. The van der Waals surface area contributed by atoms with Crippen LogP contribution in [0.15, 0.2) is 30.3 Å². The molecular weight excluding hydrogens is 334 g/mol. The molecule has 3 aliphatic rings. The Morgan fingerprint density at radius 1 is 1.12 bits per heavy atom. The number of hydrogen-bond donors (Lipinski definition) is 0. The highest BCUT2D eigenvalue weighted by Gasteiger charge is 2.70. The summed E-state index contributed by atoms with van der Waals surface area (Å²) in [7, 11) is 4.46. The van der Waals surface area contributed by atoms with Crippen LogP contribution in [0.25, 0.3) is 0 Å². The summed E-state index contributed by atoms with van der Waals surface area (Å²) < 4.78 is 17.6. The zero-order chi connectivity index (χ0) is 18.5. The molecule has 26 heavy (non-hydrogen) atoms. The van der Waals surface area contributed by atoms with Crippen molar-refractivity contribution in [1.82, 2.24) is 0 Å². The molecule has 4 rings (SSSR count). The number of hydrogen-bond acceptors (Lipinski definition) is 5. The van der Waals surface area contributed by atoms with Crippen LogP contribution in [-0.2, 0) is 23.8 Å². The fourth-order valence-electron chi connectivity index (χ4n) is 4.77. The fraction of sp³-hybridized carbons (Fsp3) is 0.600. The number of benzene rings is 1. The molecule has 1 aromatic rings. The minimum Gasteiger partial charge on any atom is -0.465 e. The number of ether oxygens (including phenoxy) is 3. The van der Waals surface area contributed by atoms with E-state index < -0.39 is 17.9 Å². The Bertz CT molecular complexity index is 683. The quantitative estimate of drug-likeness (QED) is 0.346. The highest BCUT2D eigenvalue weighted by Crippen LogP contribution is 2.51. The molecule has 0 saturated carbocycles. The van der Waals surface area contributed by atoms with Crippen LogP contribution in [-0.4, -0.2) is 67.5 Å². The molecular formula is C20H26NO5+. The van der Waals surface area contributed by atoms with Gasteiger partial charge in [-0.15, -0.1) is 0 Å². The number of quaternary nitrogens is 1. The van der Waals surface area contributed by atoms with Crippen molar-refractivity contribution in [2.45, 2.75) is 56.1 Å². The minimum absolute atomic E-state index is 0.166. The Morgan fingerprint density at radius 3 is 2.31 bits per heavy atom. The van der Waals surface area contributed by atoms with E-state index in [1.165, 1.54) is 0 Å². The lowest BCUT2D eigenvalue weighted by atomic mass is 9.95. The smallest absolute Gasteiger partial charge is 0.325 e. The Balaban J connectivity index is 1.48. The fourth-order valence-corrected chi connectivity index (χ4v) is 4.77. The van der Waals surface area contributed by atoms with Crippen molar-refractivity contribution in [3.8, 4) is 0 Å². The van der Waals surface area contributed by atoms with Crippen molar-refractivity contribution < 1.29 is 28.3 Å². The second-order valence-electron chi connectivity index (χ2n) is 7.96. The topological polar surface area (TPSA) is 65.1 Å². The van der Waals surface area contributed by atoms with E-state index in [2.05, 4.69) is 14.1 Å². The number of piperidine rings is 1. The number of morpholine rings is 1. The van der Waals surface area contributed by atoms with Gasteiger partial charge < -0.3 is 18.7 Å². The molecule has 2 bridgehead atoms. The highest BCUT2D eigenvalue weighted by molar-refractivity contribution is 6.00.